The van der Waals surface area contributed by atoms with Crippen molar-refractivity contribution in [2.45, 2.75) is 25.8 Å². The molecule has 0 saturated heterocycles. The molecule has 0 aliphatic heterocycles. The number of carboxylic acid groups (broad SMARTS) is 1. The molecule has 34 heavy (non-hydrogen) atoms. The summed E-state index contributed by atoms with van der Waals surface area (Å²) in [6.07, 6.45) is 2.85. The van der Waals surface area contributed by atoms with E-state index in [1.807, 2.05) is 31.2 Å². The van der Waals surface area contributed by atoms with Crippen LogP contribution in [0.3, 0.4) is 0 Å². The number of anilines is 2. The Morgan fingerprint density at radius 1 is 1.03 bits per heavy atom. The van der Waals surface area contributed by atoms with Crippen molar-refractivity contribution in [2.75, 3.05) is 15.7 Å². The summed E-state index contributed by atoms with van der Waals surface area (Å²) in [6.45, 7) is 2.20. The number of nitrogens with zero attached hydrogens (tertiary/aromatic N) is 3. The van der Waals surface area contributed by atoms with E-state index in [1.165, 1.54) is 11.0 Å². The van der Waals surface area contributed by atoms with Crippen LogP contribution < -0.4 is 9.21 Å². The highest BCUT2D eigenvalue weighted by Gasteiger charge is 2.31. The minimum Gasteiger partial charge on any atom is -0.480 e. The van der Waals surface area contributed by atoms with E-state index >= 15 is 0 Å². The highest BCUT2D eigenvalue weighted by atomic mass is 32.2. The second kappa shape index (κ2) is 10.0. The molecule has 0 aliphatic carbocycles. The van der Waals surface area contributed by atoms with Gasteiger partial charge in [-0.25, -0.2) is 9.00 Å². The van der Waals surface area contributed by atoms with Gasteiger partial charge in [-0.1, -0.05) is 18.2 Å². The number of fused-ring (bicyclic) bond motifs is 3. The summed E-state index contributed by atoms with van der Waals surface area (Å²) in [5.74, 6) is -1.60. The van der Waals surface area contributed by atoms with Crippen molar-refractivity contribution in [1.29, 1.82) is 0 Å². The monoisotopic (exact) mass is 481 g/mol. The molecule has 2 aromatic heterocycles. The molecule has 1 amide bonds. The second-order valence-corrected chi connectivity index (χ2v) is 8.43. The fourth-order valence-corrected chi connectivity index (χ4v) is 4.70. The molecule has 4 rings (SSSR count). The van der Waals surface area contributed by atoms with E-state index in [4.69, 9.17) is 4.42 Å². The number of hydrogen-bond donors (Lipinski definition) is 2. The topological polar surface area (TPSA) is 124 Å². The molecule has 2 unspecified atom stereocenters. The maximum absolute atomic E-state index is 12.9. The lowest BCUT2D eigenvalue weighted by Crippen LogP contribution is -2.43. The third-order valence-electron chi connectivity index (χ3n) is 5.57. The minimum absolute atomic E-state index is 0.127. The first-order valence-corrected chi connectivity index (χ1v) is 11.7. The standard InChI is InChI=1S/C24H23N3O6S/c1-2-26(16-11-13-25-14-12-16)23(28)10-8-20(24(29)30)27(34(31)32)17-7-9-22-19(15-17)18-5-3-4-6-21(18)33-22/h3-7,9,11-15,20H,2,8,10H2,1H3,(H,29,30)(H,31,32). The van der Waals surface area contributed by atoms with E-state index in [1.54, 1.807) is 36.7 Å². The quantitative estimate of drug-likeness (QED) is 0.343. The van der Waals surface area contributed by atoms with Gasteiger partial charge in [0.2, 0.25) is 5.91 Å². The highest BCUT2D eigenvalue weighted by Crippen LogP contribution is 2.33. The molecule has 9 nitrogen and oxygen atoms in total. The summed E-state index contributed by atoms with van der Waals surface area (Å²) in [5.41, 5.74) is 2.12. The van der Waals surface area contributed by atoms with Gasteiger partial charge in [-0.2, -0.15) is 0 Å². The summed E-state index contributed by atoms with van der Waals surface area (Å²) in [5, 5.41) is 11.4. The Kier molecular flexibility index (Phi) is 6.90. The molecule has 2 N–H and O–H groups in total. The molecule has 4 aromatic rings. The van der Waals surface area contributed by atoms with Crippen LogP contribution in [0.1, 0.15) is 19.8 Å². The Morgan fingerprint density at radius 2 is 1.74 bits per heavy atom. The number of benzene rings is 2. The van der Waals surface area contributed by atoms with Crippen molar-refractivity contribution in [1.82, 2.24) is 4.98 Å². The first kappa shape index (κ1) is 23.4. The van der Waals surface area contributed by atoms with Crippen molar-refractivity contribution < 1.29 is 27.9 Å². The van der Waals surface area contributed by atoms with Crippen LogP contribution in [-0.2, 0) is 20.9 Å². The van der Waals surface area contributed by atoms with E-state index in [-0.39, 0.29) is 24.4 Å². The number of para-hydroxylation sites is 1. The number of rotatable bonds is 9. The fourth-order valence-electron chi connectivity index (χ4n) is 3.99. The van der Waals surface area contributed by atoms with E-state index in [2.05, 4.69) is 4.98 Å². The smallest absolute Gasteiger partial charge is 0.327 e. The molecule has 0 bridgehead atoms. The molecule has 176 valence electrons. The molecule has 0 aliphatic rings. The van der Waals surface area contributed by atoms with Crippen LogP contribution in [-0.4, -0.2) is 43.3 Å². The first-order valence-electron chi connectivity index (χ1n) is 10.7. The summed E-state index contributed by atoms with van der Waals surface area (Å²) < 4.78 is 29.0. The van der Waals surface area contributed by atoms with E-state index < -0.39 is 23.3 Å². The average molecular weight is 482 g/mol. The van der Waals surface area contributed by atoms with Gasteiger partial charge < -0.3 is 14.4 Å². The Morgan fingerprint density at radius 3 is 2.41 bits per heavy atom. The molecule has 2 heterocycles. The highest BCUT2D eigenvalue weighted by molar-refractivity contribution is 7.80. The van der Waals surface area contributed by atoms with Gasteiger partial charge in [-0.05, 0) is 49.7 Å². The summed E-state index contributed by atoms with van der Waals surface area (Å²) >= 11 is -2.64. The SMILES string of the molecule is CCN(C(=O)CCC(C(=O)O)N(c1ccc2oc3ccccc3c2c1)S(=O)O)c1ccncc1. The molecule has 10 heteroatoms. The third-order valence-corrected chi connectivity index (χ3v) is 6.38. The third kappa shape index (κ3) is 4.63. The molecule has 0 fully saturated rings. The van der Waals surface area contributed by atoms with Gasteiger partial charge in [0.1, 0.15) is 17.2 Å². The summed E-state index contributed by atoms with van der Waals surface area (Å²) in [7, 11) is 0. The number of pyridine rings is 1. The Balaban J connectivity index is 1.62. The molecular weight excluding hydrogens is 458 g/mol. The van der Waals surface area contributed by atoms with Crippen molar-refractivity contribution >= 4 is 56.5 Å². The van der Waals surface area contributed by atoms with Gasteiger partial charge in [-0.15, -0.1) is 0 Å². The minimum atomic E-state index is -2.64. The number of carboxylic acids is 1. The molecule has 0 radical (unpaired) electrons. The van der Waals surface area contributed by atoms with Gasteiger partial charge in [0.15, 0.2) is 0 Å². The second-order valence-electron chi connectivity index (χ2n) is 7.57. The Labute approximate surface area is 198 Å². The van der Waals surface area contributed by atoms with Gasteiger partial charge in [-0.3, -0.25) is 18.6 Å². The average Bonchev–Trinajstić information content (AvgIpc) is 3.20. The van der Waals surface area contributed by atoms with Gasteiger partial charge in [0.05, 0.1) is 5.69 Å². The number of hydrogen-bond acceptors (Lipinski definition) is 5. The molecular formula is C24H23N3O6S. The van der Waals surface area contributed by atoms with Crippen LogP contribution in [0.4, 0.5) is 11.4 Å². The van der Waals surface area contributed by atoms with E-state index in [0.717, 1.165) is 9.69 Å². The zero-order chi connectivity index (χ0) is 24.2. The number of aromatic nitrogens is 1. The number of aliphatic carboxylic acids is 1. The van der Waals surface area contributed by atoms with E-state index in [0.29, 0.717) is 28.8 Å². The zero-order valence-corrected chi connectivity index (χ0v) is 19.1. The number of furan rings is 1. The van der Waals surface area contributed by atoms with Crippen molar-refractivity contribution in [3.05, 3.63) is 67.0 Å². The van der Waals surface area contributed by atoms with Crippen LogP contribution in [0.5, 0.6) is 0 Å². The normalized spacial score (nSPS) is 13.0. The number of amides is 1. The van der Waals surface area contributed by atoms with Crippen LogP contribution >= 0.6 is 0 Å². The van der Waals surface area contributed by atoms with Crippen LogP contribution in [0.15, 0.2) is 71.4 Å². The summed E-state index contributed by atoms with van der Waals surface area (Å²) in [6, 6.07) is 14.1. The maximum Gasteiger partial charge on any atom is 0.327 e. The molecule has 2 aromatic carbocycles. The lowest BCUT2D eigenvalue weighted by molar-refractivity contribution is -0.138. The lowest BCUT2D eigenvalue weighted by Gasteiger charge is -2.28. The largest absolute Gasteiger partial charge is 0.480 e. The lowest BCUT2D eigenvalue weighted by atomic mass is 10.1. The Hall–Kier alpha value is -3.76. The predicted molar refractivity (Wildman–Crippen MR) is 130 cm³/mol. The zero-order valence-electron chi connectivity index (χ0n) is 18.3. The number of carbonyl (C=O) groups is 2. The van der Waals surface area contributed by atoms with Crippen LogP contribution in [0, 0.1) is 0 Å². The molecule has 0 spiro atoms. The van der Waals surface area contributed by atoms with Crippen molar-refractivity contribution in [2.24, 2.45) is 0 Å². The summed E-state index contributed by atoms with van der Waals surface area (Å²) in [4.78, 5) is 30.4. The predicted octanol–water partition coefficient (Wildman–Crippen LogP) is 4.21. The van der Waals surface area contributed by atoms with Crippen LogP contribution in [0.25, 0.3) is 21.9 Å². The fraction of sp³-hybridized carbons (Fsp3) is 0.208. The van der Waals surface area contributed by atoms with E-state index in [9.17, 15) is 23.5 Å². The van der Waals surface area contributed by atoms with Gasteiger partial charge >= 0.3 is 5.97 Å². The first-order chi connectivity index (χ1) is 16.4. The molecule has 2 atom stereocenters. The van der Waals surface area contributed by atoms with Crippen LogP contribution in [0.2, 0.25) is 0 Å². The Bertz CT molecular complexity index is 1360. The van der Waals surface area contributed by atoms with Gasteiger partial charge in [0.25, 0.3) is 11.3 Å². The molecule has 0 saturated carbocycles. The number of carbonyl (C=O) groups excluding carboxylic acids is 1. The van der Waals surface area contributed by atoms with Gasteiger partial charge in [0, 0.05) is 41.8 Å². The maximum atomic E-state index is 12.9. The van der Waals surface area contributed by atoms with Crippen molar-refractivity contribution in [3.63, 3.8) is 0 Å². The van der Waals surface area contributed by atoms with Crippen molar-refractivity contribution in [3.8, 4) is 0 Å².